The molecule has 1 saturated carbocycles. The number of hydrogen-bond donors (Lipinski definition) is 1. The summed E-state index contributed by atoms with van der Waals surface area (Å²) in [6.45, 7) is 3.89. The van der Waals surface area contributed by atoms with Gasteiger partial charge in [0.15, 0.2) is 0 Å². The second-order valence-corrected chi connectivity index (χ2v) is 6.82. The standard InChI is InChI=1S/C18H23N5O.ClH/c1-13-9-16(23-12-19-11-21-23)6-7-17(13)18(24)22(15-4-5-15)10-14-3-2-8-20-14;/h6-7,9,11-12,14-15,20H,2-5,8,10H2,1H3;1H. The summed E-state index contributed by atoms with van der Waals surface area (Å²) in [5, 5.41) is 7.65. The number of rotatable bonds is 5. The van der Waals surface area contributed by atoms with Crippen molar-refractivity contribution in [2.45, 2.75) is 44.7 Å². The first kappa shape index (κ1) is 17.9. The zero-order valence-electron chi connectivity index (χ0n) is 14.4. The van der Waals surface area contributed by atoms with Gasteiger partial charge in [-0.25, -0.2) is 9.67 Å². The highest BCUT2D eigenvalue weighted by atomic mass is 35.5. The van der Waals surface area contributed by atoms with Crippen molar-refractivity contribution in [3.05, 3.63) is 42.0 Å². The molecule has 1 aromatic heterocycles. The Morgan fingerprint density at radius 1 is 1.36 bits per heavy atom. The maximum Gasteiger partial charge on any atom is 0.254 e. The summed E-state index contributed by atoms with van der Waals surface area (Å²) < 4.78 is 1.71. The minimum atomic E-state index is 0. The number of nitrogens with one attached hydrogen (secondary N) is 1. The Hall–Kier alpha value is -1.92. The van der Waals surface area contributed by atoms with Gasteiger partial charge in [0.2, 0.25) is 0 Å². The van der Waals surface area contributed by atoms with Gasteiger partial charge in [-0.3, -0.25) is 4.79 Å². The summed E-state index contributed by atoms with van der Waals surface area (Å²) in [6, 6.07) is 6.74. The lowest BCUT2D eigenvalue weighted by Gasteiger charge is -2.26. The summed E-state index contributed by atoms with van der Waals surface area (Å²) in [5.41, 5.74) is 2.71. The van der Waals surface area contributed by atoms with Crippen molar-refractivity contribution >= 4 is 18.3 Å². The third kappa shape index (κ3) is 3.85. The van der Waals surface area contributed by atoms with E-state index in [9.17, 15) is 4.79 Å². The summed E-state index contributed by atoms with van der Waals surface area (Å²) in [6.07, 6.45) is 7.82. The molecule has 1 aliphatic heterocycles. The summed E-state index contributed by atoms with van der Waals surface area (Å²) >= 11 is 0. The molecule has 1 unspecified atom stereocenters. The number of benzene rings is 1. The Labute approximate surface area is 154 Å². The van der Waals surface area contributed by atoms with E-state index >= 15 is 0 Å². The van der Waals surface area contributed by atoms with Gasteiger partial charge in [0, 0.05) is 24.2 Å². The van der Waals surface area contributed by atoms with E-state index in [1.807, 2.05) is 25.1 Å². The molecule has 7 heteroatoms. The average Bonchev–Trinajstić information content (AvgIpc) is 3.07. The van der Waals surface area contributed by atoms with Crippen LogP contribution in [0.5, 0.6) is 0 Å². The van der Waals surface area contributed by atoms with Gasteiger partial charge in [-0.2, -0.15) is 5.10 Å². The highest BCUT2D eigenvalue weighted by Gasteiger charge is 2.35. The quantitative estimate of drug-likeness (QED) is 0.888. The molecule has 1 atom stereocenters. The van der Waals surface area contributed by atoms with Gasteiger partial charge in [-0.05, 0) is 62.9 Å². The summed E-state index contributed by atoms with van der Waals surface area (Å²) in [7, 11) is 0. The molecule has 2 aromatic rings. The van der Waals surface area contributed by atoms with Crippen LogP contribution < -0.4 is 5.32 Å². The monoisotopic (exact) mass is 361 g/mol. The minimum Gasteiger partial charge on any atom is -0.334 e. The van der Waals surface area contributed by atoms with Gasteiger partial charge < -0.3 is 10.2 Å². The number of amides is 1. The second-order valence-electron chi connectivity index (χ2n) is 6.82. The Balaban J connectivity index is 0.00000182. The smallest absolute Gasteiger partial charge is 0.254 e. The Morgan fingerprint density at radius 3 is 2.80 bits per heavy atom. The molecule has 134 valence electrons. The third-order valence-corrected chi connectivity index (χ3v) is 4.95. The van der Waals surface area contributed by atoms with Crippen molar-refractivity contribution in [2.24, 2.45) is 0 Å². The van der Waals surface area contributed by atoms with Crippen LogP contribution in [-0.2, 0) is 0 Å². The van der Waals surface area contributed by atoms with Crippen LogP contribution in [0.1, 0.15) is 41.6 Å². The molecule has 0 bridgehead atoms. The first-order valence-electron chi connectivity index (χ1n) is 8.72. The van der Waals surface area contributed by atoms with Gasteiger partial charge in [0.1, 0.15) is 12.7 Å². The zero-order valence-corrected chi connectivity index (χ0v) is 15.2. The van der Waals surface area contributed by atoms with E-state index in [1.165, 1.54) is 19.2 Å². The van der Waals surface area contributed by atoms with Crippen molar-refractivity contribution in [2.75, 3.05) is 13.1 Å². The van der Waals surface area contributed by atoms with Gasteiger partial charge in [0.25, 0.3) is 5.91 Å². The molecular formula is C18H24ClN5O. The summed E-state index contributed by atoms with van der Waals surface area (Å²) in [4.78, 5) is 19.2. The first-order chi connectivity index (χ1) is 11.7. The molecular weight excluding hydrogens is 338 g/mol. The molecule has 6 nitrogen and oxygen atoms in total. The van der Waals surface area contributed by atoms with Crippen molar-refractivity contribution in [3.8, 4) is 5.69 Å². The molecule has 25 heavy (non-hydrogen) atoms. The lowest BCUT2D eigenvalue weighted by molar-refractivity contribution is 0.0728. The Kier molecular flexibility index (Phi) is 5.39. The molecule has 1 aromatic carbocycles. The van der Waals surface area contributed by atoms with E-state index in [-0.39, 0.29) is 18.3 Å². The van der Waals surface area contributed by atoms with Crippen LogP contribution in [0, 0.1) is 6.92 Å². The highest BCUT2D eigenvalue weighted by molar-refractivity contribution is 5.96. The molecule has 4 rings (SSSR count). The van der Waals surface area contributed by atoms with Crippen molar-refractivity contribution < 1.29 is 4.79 Å². The predicted molar refractivity (Wildman–Crippen MR) is 98.4 cm³/mol. The molecule has 2 fully saturated rings. The SMILES string of the molecule is Cc1cc(-n2cncn2)ccc1C(=O)N(CC1CCCN1)C1CC1.Cl. The highest BCUT2D eigenvalue weighted by Crippen LogP contribution is 2.30. The van der Waals surface area contributed by atoms with Crippen LogP contribution >= 0.6 is 12.4 Å². The van der Waals surface area contributed by atoms with Gasteiger partial charge >= 0.3 is 0 Å². The van der Waals surface area contributed by atoms with Crippen LogP contribution in [0.2, 0.25) is 0 Å². The van der Waals surface area contributed by atoms with Gasteiger partial charge in [0.05, 0.1) is 5.69 Å². The largest absolute Gasteiger partial charge is 0.334 e. The number of halogens is 1. The molecule has 0 spiro atoms. The number of hydrogen-bond acceptors (Lipinski definition) is 4. The second kappa shape index (κ2) is 7.54. The average molecular weight is 362 g/mol. The number of nitrogens with zero attached hydrogens (tertiary/aromatic N) is 4. The number of carbonyl (C=O) groups is 1. The van der Waals surface area contributed by atoms with Crippen LogP contribution in [-0.4, -0.2) is 50.7 Å². The Morgan fingerprint density at radius 2 is 2.20 bits per heavy atom. The molecule has 1 saturated heterocycles. The van der Waals surface area contributed by atoms with E-state index < -0.39 is 0 Å². The minimum absolute atomic E-state index is 0. The number of carbonyl (C=O) groups excluding carboxylic acids is 1. The van der Waals surface area contributed by atoms with Crippen molar-refractivity contribution in [3.63, 3.8) is 0 Å². The molecule has 0 radical (unpaired) electrons. The normalized spacial score (nSPS) is 19.5. The Bertz CT molecular complexity index is 723. The lowest BCUT2D eigenvalue weighted by atomic mass is 10.1. The molecule has 1 aliphatic carbocycles. The van der Waals surface area contributed by atoms with Crippen LogP contribution in [0.3, 0.4) is 0 Å². The van der Waals surface area contributed by atoms with E-state index in [1.54, 1.807) is 11.0 Å². The summed E-state index contributed by atoms with van der Waals surface area (Å²) in [5.74, 6) is 0.161. The van der Waals surface area contributed by atoms with Gasteiger partial charge in [-0.1, -0.05) is 0 Å². The fourth-order valence-corrected chi connectivity index (χ4v) is 3.46. The van der Waals surface area contributed by atoms with Crippen LogP contribution in [0.15, 0.2) is 30.9 Å². The fraction of sp³-hybridized carbons (Fsp3) is 0.500. The van der Waals surface area contributed by atoms with Crippen LogP contribution in [0.4, 0.5) is 0 Å². The maximum absolute atomic E-state index is 13.1. The van der Waals surface area contributed by atoms with E-state index in [2.05, 4.69) is 20.3 Å². The molecule has 2 heterocycles. The predicted octanol–water partition coefficient (Wildman–Crippen LogP) is 2.35. The van der Waals surface area contributed by atoms with Crippen LogP contribution in [0.25, 0.3) is 5.69 Å². The van der Waals surface area contributed by atoms with E-state index in [0.29, 0.717) is 12.1 Å². The van der Waals surface area contributed by atoms with E-state index in [0.717, 1.165) is 42.7 Å². The van der Waals surface area contributed by atoms with Crippen molar-refractivity contribution in [1.29, 1.82) is 0 Å². The number of aromatic nitrogens is 3. The zero-order chi connectivity index (χ0) is 16.5. The number of aryl methyl sites for hydroxylation is 1. The van der Waals surface area contributed by atoms with E-state index in [4.69, 9.17) is 0 Å². The molecule has 1 amide bonds. The van der Waals surface area contributed by atoms with Gasteiger partial charge in [-0.15, -0.1) is 12.4 Å². The van der Waals surface area contributed by atoms with Crippen molar-refractivity contribution in [1.82, 2.24) is 25.0 Å². The molecule has 1 N–H and O–H groups in total. The molecule has 2 aliphatic rings. The fourth-order valence-electron chi connectivity index (χ4n) is 3.46. The third-order valence-electron chi connectivity index (χ3n) is 4.95. The topological polar surface area (TPSA) is 63.1 Å². The maximum atomic E-state index is 13.1. The lowest BCUT2D eigenvalue weighted by Crippen LogP contribution is -2.42. The first-order valence-corrected chi connectivity index (χ1v) is 8.72.